The average Bonchev–Trinajstić information content (AvgIpc) is 3.26. The molecule has 0 aromatic carbocycles. The first-order valence-electron chi connectivity index (χ1n) is 8.69. The first-order valence-corrected chi connectivity index (χ1v) is 9.88. The molecule has 0 saturated carbocycles. The molecule has 0 unspecified atom stereocenters. The number of aromatic amines is 1. The van der Waals surface area contributed by atoms with Gasteiger partial charge in [-0.25, -0.2) is 4.79 Å². The molecule has 4 atom stereocenters. The molecular weight excluding hydrogens is 464 g/mol. The quantitative estimate of drug-likeness (QED) is 0.572. The van der Waals surface area contributed by atoms with Gasteiger partial charge in [0.15, 0.2) is 0 Å². The number of hydrogen-bond donors (Lipinski definition) is 2. The fourth-order valence-corrected chi connectivity index (χ4v) is 3.80. The van der Waals surface area contributed by atoms with Crippen molar-refractivity contribution in [2.45, 2.75) is 44.4 Å². The molecule has 3 heterocycles. The second-order valence-corrected chi connectivity index (χ2v) is 8.28. The van der Waals surface area contributed by atoms with Crippen LogP contribution in [0.25, 0.3) is 0 Å². The van der Waals surface area contributed by atoms with E-state index in [0.717, 1.165) is 15.6 Å². The van der Waals surface area contributed by atoms with E-state index in [1.807, 2.05) is 11.1 Å². The van der Waals surface area contributed by atoms with E-state index in [-0.39, 0.29) is 32.0 Å². The monoisotopic (exact) mass is 483 g/mol. The predicted molar refractivity (Wildman–Crippen MR) is 110 cm³/mol. The fraction of sp³-hybridized carbons (Fsp3) is 0.471. The Balaban J connectivity index is 0.00000320. The van der Waals surface area contributed by atoms with Crippen molar-refractivity contribution in [3.05, 3.63) is 54.2 Å². The lowest BCUT2D eigenvalue weighted by Crippen LogP contribution is -2.35. The molecule has 3 rings (SSSR count). The molecule has 0 radical (unpaired) electrons. The van der Waals surface area contributed by atoms with Crippen molar-refractivity contribution in [1.82, 2.24) is 9.55 Å². The Hall–Kier alpha value is -1.76. The van der Waals surface area contributed by atoms with Crippen molar-refractivity contribution < 1.29 is 23.4 Å². The Bertz CT molecular complexity index is 994. The summed E-state index contributed by atoms with van der Waals surface area (Å²) < 4.78 is 32.0. The summed E-state index contributed by atoms with van der Waals surface area (Å²) in [6, 6.07) is 2.74. The van der Waals surface area contributed by atoms with Crippen LogP contribution in [0.3, 0.4) is 0 Å². The number of carbonyl (C=O) groups excluding carboxylic acids is 1. The maximum atomic E-state index is 13.6. The maximum absolute atomic E-state index is 13.6. The summed E-state index contributed by atoms with van der Waals surface area (Å²) in [7, 11) is 0. The lowest BCUT2D eigenvalue weighted by Gasteiger charge is -2.19. The van der Waals surface area contributed by atoms with Crippen molar-refractivity contribution in [3.8, 4) is 0 Å². The molecule has 1 saturated heterocycles. The molecule has 2 aromatic heterocycles. The smallest absolute Gasteiger partial charge is 0.330 e. The molecule has 166 valence electrons. The number of nitrogens with one attached hydrogen (secondary N) is 1. The van der Waals surface area contributed by atoms with E-state index in [1.165, 1.54) is 18.3 Å². The largest absolute Gasteiger partial charge is 0.462 e. The summed E-state index contributed by atoms with van der Waals surface area (Å²) in [4.78, 5) is 37.7. The van der Waals surface area contributed by atoms with E-state index in [1.54, 1.807) is 6.07 Å². The first-order chi connectivity index (χ1) is 13.7. The summed E-state index contributed by atoms with van der Waals surface area (Å²) in [5.41, 5.74) is 3.55. The van der Waals surface area contributed by atoms with Crippen LogP contribution < -0.4 is 17.0 Å². The van der Waals surface area contributed by atoms with Crippen LogP contribution in [0.4, 0.5) is 4.39 Å². The minimum atomic E-state index is -1.12. The zero-order valence-corrected chi connectivity index (χ0v) is 18.1. The summed E-state index contributed by atoms with van der Waals surface area (Å²) in [6.07, 6.45) is -1.25. The zero-order valence-electron chi connectivity index (χ0n) is 15.7. The van der Waals surface area contributed by atoms with Crippen LogP contribution in [-0.2, 0) is 25.6 Å². The van der Waals surface area contributed by atoms with Crippen LogP contribution in [0, 0.1) is 5.82 Å². The number of nitrogens with two attached hydrogens (primary N) is 1. The van der Waals surface area contributed by atoms with Gasteiger partial charge in [0.2, 0.25) is 5.82 Å². The molecule has 3 N–H and O–H groups in total. The number of nitrogens with zero attached hydrogens (tertiary/aromatic N) is 1. The minimum Gasteiger partial charge on any atom is -0.462 e. The second kappa shape index (κ2) is 10.5. The van der Waals surface area contributed by atoms with Crippen molar-refractivity contribution >= 4 is 41.3 Å². The SMILES string of the molecule is C[C@@H](N)C(=O)OC[C@H]1O[C@@H](n2cc(F)c(=O)[nH]c2=O)C[C@@H]1OCc1ccc(Cl)s1.Cl. The Labute approximate surface area is 185 Å². The molecule has 1 fully saturated rings. The average molecular weight is 484 g/mol. The Morgan fingerprint density at radius 3 is 2.87 bits per heavy atom. The van der Waals surface area contributed by atoms with Gasteiger partial charge in [0, 0.05) is 11.3 Å². The molecule has 0 spiro atoms. The van der Waals surface area contributed by atoms with Gasteiger partial charge in [-0.15, -0.1) is 23.7 Å². The van der Waals surface area contributed by atoms with Gasteiger partial charge in [-0.1, -0.05) is 11.6 Å². The third-order valence-electron chi connectivity index (χ3n) is 4.25. The van der Waals surface area contributed by atoms with Crippen molar-refractivity contribution in [3.63, 3.8) is 0 Å². The van der Waals surface area contributed by atoms with Gasteiger partial charge in [0.1, 0.15) is 25.0 Å². The number of thiophene rings is 1. The Kier molecular flexibility index (Phi) is 8.59. The third kappa shape index (κ3) is 5.90. The highest BCUT2D eigenvalue weighted by molar-refractivity contribution is 7.16. The molecule has 30 heavy (non-hydrogen) atoms. The van der Waals surface area contributed by atoms with E-state index in [0.29, 0.717) is 4.34 Å². The van der Waals surface area contributed by atoms with Crippen molar-refractivity contribution in [1.29, 1.82) is 0 Å². The first kappa shape index (κ1) is 24.5. The number of carbonyl (C=O) groups is 1. The van der Waals surface area contributed by atoms with Crippen LogP contribution in [0.15, 0.2) is 27.9 Å². The molecule has 0 bridgehead atoms. The van der Waals surface area contributed by atoms with Gasteiger partial charge < -0.3 is 19.9 Å². The standard InChI is InChI=1S/C17H19ClFN3O6S.ClH/c1-8(20)16(24)27-7-12-11(26-6-9-2-3-13(18)29-9)4-14(28-12)22-5-10(19)15(23)21-17(22)25;/h2-3,5,8,11-12,14H,4,6-7,20H2,1H3,(H,21,23,25);1H/t8-,11+,12-,14-;/m1./s1. The third-order valence-corrected chi connectivity index (χ3v) is 5.45. The molecule has 0 amide bonds. The Morgan fingerprint density at radius 2 is 2.23 bits per heavy atom. The number of ether oxygens (including phenoxy) is 3. The number of hydrogen-bond acceptors (Lipinski definition) is 8. The molecule has 1 aliphatic rings. The van der Waals surface area contributed by atoms with Crippen molar-refractivity contribution in [2.24, 2.45) is 5.73 Å². The van der Waals surface area contributed by atoms with Gasteiger partial charge in [0.25, 0.3) is 5.56 Å². The van der Waals surface area contributed by atoms with Crippen molar-refractivity contribution in [2.75, 3.05) is 6.61 Å². The number of halogens is 3. The maximum Gasteiger partial charge on any atom is 0.330 e. The van der Waals surface area contributed by atoms with E-state index in [9.17, 15) is 18.8 Å². The second-order valence-electron chi connectivity index (χ2n) is 6.48. The van der Waals surface area contributed by atoms with Crippen LogP contribution in [0.1, 0.15) is 24.4 Å². The van der Waals surface area contributed by atoms with Gasteiger partial charge in [-0.3, -0.25) is 19.1 Å². The minimum absolute atomic E-state index is 0. The molecule has 0 aliphatic carbocycles. The number of rotatable bonds is 7. The summed E-state index contributed by atoms with van der Waals surface area (Å²) >= 11 is 7.26. The van der Waals surface area contributed by atoms with Crippen LogP contribution >= 0.6 is 35.3 Å². The van der Waals surface area contributed by atoms with Crippen LogP contribution in [0.2, 0.25) is 4.34 Å². The summed E-state index contributed by atoms with van der Waals surface area (Å²) in [6.45, 7) is 1.55. The molecule has 13 heteroatoms. The van der Waals surface area contributed by atoms with Gasteiger partial charge in [-0.05, 0) is 19.1 Å². The highest BCUT2D eigenvalue weighted by atomic mass is 35.5. The Morgan fingerprint density at radius 1 is 1.50 bits per heavy atom. The van der Waals surface area contributed by atoms with E-state index < -0.39 is 47.5 Å². The van der Waals surface area contributed by atoms with E-state index in [2.05, 4.69) is 0 Å². The summed E-state index contributed by atoms with van der Waals surface area (Å²) in [5.74, 6) is -1.74. The lowest BCUT2D eigenvalue weighted by molar-refractivity contribution is -0.152. The highest BCUT2D eigenvalue weighted by Gasteiger charge is 2.38. The molecular formula is C17H20Cl2FN3O6S. The van der Waals surface area contributed by atoms with Crippen LogP contribution in [0.5, 0.6) is 0 Å². The zero-order chi connectivity index (χ0) is 21.1. The lowest BCUT2D eigenvalue weighted by atomic mass is 10.2. The number of esters is 1. The van der Waals surface area contributed by atoms with E-state index >= 15 is 0 Å². The molecule has 2 aromatic rings. The van der Waals surface area contributed by atoms with Gasteiger partial charge in [0.05, 0.1) is 23.2 Å². The van der Waals surface area contributed by atoms with Crippen LogP contribution in [-0.4, -0.2) is 40.4 Å². The van der Waals surface area contributed by atoms with Gasteiger partial charge >= 0.3 is 11.7 Å². The normalized spacial score (nSPS) is 21.8. The van der Waals surface area contributed by atoms with E-state index in [4.69, 9.17) is 31.5 Å². The van der Waals surface area contributed by atoms with Gasteiger partial charge in [-0.2, -0.15) is 4.39 Å². The highest BCUT2D eigenvalue weighted by Crippen LogP contribution is 2.32. The molecule has 9 nitrogen and oxygen atoms in total. The topological polar surface area (TPSA) is 126 Å². The predicted octanol–water partition coefficient (Wildman–Crippen LogP) is 1.58. The molecule has 1 aliphatic heterocycles. The number of H-pyrrole nitrogens is 1. The number of aromatic nitrogens is 2. The summed E-state index contributed by atoms with van der Waals surface area (Å²) in [5, 5.41) is 0. The fourth-order valence-electron chi connectivity index (χ4n) is 2.79.